The lowest BCUT2D eigenvalue weighted by atomic mass is 10.0. The van der Waals surface area contributed by atoms with Gasteiger partial charge in [-0.15, -0.1) is 0 Å². The summed E-state index contributed by atoms with van der Waals surface area (Å²) in [5.41, 5.74) is 0.354. The van der Waals surface area contributed by atoms with E-state index in [0.717, 1.165) is 18.4 Å². The van der Waals surface area contributed by atoms with Crippen LogP contribution in [0.4, 0.5) is 0 Å². The number of phenols is 1. The van der Waals surface area contributed by atoms with Gasteiger partial charge in [-0.3, -0.25) is 0 Å². The van der Waals surface area contributed by atoms with Crippen molar-refractivity contribution in [2.75, 3.05) is 0 Å². The summed E-state index contributed by atoms with van der Waals surface area (Å²) in [6, 6.07) is 5.31. The van der Waals surface area contributed by atoms with Crippen LogP contribution in [-0.2, 0) is 6.42 Å². The van der Waals surface area contributed by atoms with Crippen LogP contribution in [0.15, 0.2) is 18.2 Å². The summed E-state index contributed by atoms with van der Waals surface area (Å²) >= 11 is 5.77. The van der Waals surface area contributed by atoms with Gasteiger partial charge in [-0.25, -0.2) is 0 Å². The van der Waals surface area contributed by atoms with Crippen molar-refractivity contribution in [1.82, 2.24) is 0 Å². The molecule has 0 heterocycles. The molecule has 14 heavy (non-hydrogen) atoms. The highest BCUT2D eigenvalue weighted by molar-refractivity contribution is 6.32. The Hall–Kier alpha value is -0.730. The van der Waals surface area contributed by atoms with Crippen LogP contribution in [0, 0.1) is 0 Å². The van der Waals surface area contributed by atoms with Crippen molar-refractivity contribution >= 4 is 11.6 Å². The molecule has 2 rings (SSSR count). The van der Waals surface area contributed by atoms with Gasteiger partial charge in [0.25, 0.3) is 0 Å². The highest BCUT2D eigenvalue weighted by Crippen LogP contribution is 2.40. The summed E-state index contributed by atoms with van der Waals surface area (Å²) in [6.45, 7) is 0. The normalized spacial score (nSPS) is 18.1. The maximum Gasteiger partial charge on any atom is 0.137 e. The van der Waals surface area contributed by atoms with Crippen LogP contribution in [0.2, 0.25) is 5.02 Å². The standard InChI is InChI=1S/C11H13ClO2/c12-9-3-1-2-8(10(9)13)4-5-11(14)6-7-11/h1-3,13-14H,4-7H2. The lowest BCUT2D eigenvalue weighted by Crippen LogP contribution is -2.07. The highest BCUT2D eigenvalue weighted by atomic mass is 35.5. The molecular formula is C11H13ClO2. The van der Waals surface area contributed by atoms with Crippen molar-refractivity contribution in [3.05, 3.63) is 28.8 Å². The summed E-state index contributed by atoms with van der Waals surface area (Å²) in [6.07, 6.45) is 3.16. The fraction of sp³-hybridized carbons (Fsp3) is 0.455. The molecule has 0 aromatic heterocycles. The average Bonchev–Trinajstić information content (AvgIpc) is 2.88. The van der Waals surface area contributed by atoms with Crippen LogP contribution < -0.4 is 0 Å². The lowest BCUT2D eigenvalue weighted by Gasteiger charge is -2.09. The van der Waals surface area contributed by atoms with E-state index in [2.05, 4.69) is 0 Å². The lowest BCUT2D eigenvalue weighted by molar-refractivity contribution is 0.140. The minimum atomic E-state index is -0.464. The number of aryl methyl sites for hydroxylation is 1. The molecule has 0 aliphatic heterocycles. The van der Waals surface area contributed by atoms with Crippen LogP contribution in [0.5, 0.6) is 5.75 Å². The Kier molecular flexibility index (Phi) is 2.41. The van der Waals surface area contributed by atoms with E-state index < -0.39 is 5.60 Å². The Morgan fingerprint density at radius 3 is 2.71 bits per heavy atom. The molecule has 1 aromatic carbocycles. The quantitative estimate of drug-likeness (QED) is 0.808. The van der Waals surface area contributed by atoms with Crippen molar-refractivity contribution < 1.29 is 10.2 Å². The third-order valence-corrected chi connectivity index (χ3v) is 3.06. The largest absolute Gasteiger partial charge is 0.506 e. The molecule has 2 nitrogen and oxygen atoms in total. The Morgan fingerprint density at radius 2 is 2.07 bits per heavy atom. The molecule has 0 spiro atoms. The van der Waals surface area contributed by atoms with Gasteiger partial charge < -0.3 is 10.2 Å². The zero-order valence-electron chi connectivity index (χ0n) is 7.83. The van der Waals surface area contributed by atoms with Crippen molar-refractivity contribution in [3.8, 4) is 5.75 Å². The van der Waals surface area contributed by atoms with Crippen LogP contribution in [0.3, 0.4) is 0 Å². The molecule has 0 bridgehead atoms. The fourth-order valence-electron chi connectivity index (χ4n) is 1.52. The monoisotopic (exact) mass is 212 g/mol. The first-order valence-corrected chi connectivity index (χ1v) is 5.17. The molecule has 76 valence electrons. The molecule has 1 aromatic rings. The van der Waals surface area contributed by atoms with E-state index >= 15 is 0 Å². The van der Waals surface area contributed by atoms with Crippen molar-refractivity contribution in [3.63, 3.8) is 0 Å². The molecule has 0 amide bonds. The number of aromatic hydroxyl groups is 1. The highest BCUT2D eigenvalue weighted by Gasteiger charge is 2.39. The molecule has 0 saturated heterocycles. The Morgan fingerprint density at radius 1 is 1.36 bits per heavy atom. The van der Waals surface area contributed by atoms with Crippen LogP contribution in [-0.4, -0.2) is 15.8 Å². The first-order chi connectivity index (χ1) is 6.61. The number of halogens is 1. The van der Waals surface area contributed by atoms with Gasteiger partial charge in [0.15, 0.2) is 0 Å². The molecule has 1 fully saturated rings. The summed E-state index contributed by atoms with van der Waals surface area (Å²) < 4.78 is 0. The van der Waals surface area contributed by atoms with E-state index in [-0.39, 0.29) is 5.75 Å². The van der Waals surface area contributed by atoms with Gasteiger partial charge >= 0.3 is 0 Å². The Labute approximate surface area is 88.1 Å². The SMILES string of the molecule is Oc1c(Cl)cccc1CCC1(O)CC1. The van der Waals surface area contributed by atoms with Gasteiger partial charge in [0.1, 0.15) is 5.75 Å². The maximum absolute atomic E-state index is 9.64. The third-order valence-electron chi connectivity index (χ3n) is 2.76. The number of benzene rings is 1. The molecule has 1 aliphatic carbocycles. The zero-order chi connectivity index (χ0) is 10.2. The van der Waals surface area contributed by atoms with E-state index in [1.807, 2.05) is 12.1 Å². The molecule has 0 atom stereocenters. The zero-order valence-corrected chi connectivity index (χ0v) is 8.59. The number of hydrogen-bond acceptors (Lipinski definition) is 2. The van der Waals surface area contributed by atoms with Crippen molar-refractivity contribution in [2.24, 2.45) is 0 Å². The van der Waals surface area contributed by atoms with Crippen LogP contribution >= 0.6 is 11.6 Å². The van der Waals surface area contributed by atoms with Gasteiger partial charge in [-0.2, -0.15) is 0 Å². The van der Waals surface area contributed by atoms with Gasteiger partial charge in [0.2, 0.25) is 0 Å². The van der Waals surface area contributed by atoms with Gasteiger partial charge in [-0.1, -0.05) is 23.7 Å². The first-order valence-electron chi connectivity index (χ1n) is 4.79. The Bertz CT molecular complexity index is 345. The molecule has 1 aliphatic rings. The van der Waals surface area contributed by atoms with E-state index in [0.29, 0.717) is 17.9 Å². The molecule has 3 heteroatoms. The molecule has 1 saturated carbocycles. The summed E-state index contributed by atoms with van der Waals surface area (Å²) in [5, 5.41) is 19.6. The predicted molar refractivity (Wildman–Crippen MR) is 55.6 cm³/mol. The summed E-state index contributed by atoms with van der Waals surface area (Å²) in [4.78, 5) is 0. The summed E-state index contributed by atoms with van der Waals surface area (Å²) in [7, 11) is 0. The minimum Gasteiger partial charge on any atom is -0.506 e. The fourth-order valence-corrected chi connectivity index (χ4v) is 1.72. The van der Waals surface area contributed by atoms with E-state index in [1.54, 1.807) is 6.07 Å². The Balaban J connectivity index is 2.05. The van der Waals surface area contributed by atoms with Gasteiger partial charge in [0, 0.05) is 0 Å². The second-order valence-corrected chi connectivity index (χ2v) is 4.38. The number of rotatable bonds is 3. The van der Waals surface area contributed by atoms with Crippen LogP contribution in [0.1, 0.15) is 24.8 Å². The van der Waals surface area contributed by atoms with Crippen molar-refractivity contribution in [1.29, 1.82) is 0 Å². The van der Waals surface area contributed by atoms with Crippen molar-refractivity contribution in [2.45, 2.75) is 31.3 Å². The number of phenolic OH excluding ortho intramolecular Hbond substituents is 1. The average molecular weight is 213 g/mol. The number of aliphatic hydroxyl groups is 1. The second kappa shape index (κ2) is 3.44. The molecule has 2 N–H and O–H groups in total. The molecule has 0 radical (unpaired) electrons. The van der Waals surface area contributed by atoms with E-state index in [9.17, 15) is 10.2 Å². The van der Waals surface area contributed by atoms with Gasteiger partial charge in [-0.05, 0) is 37.3 Å². The molecular weight excluding hydrogens is 200 g/mol. The predicted octanol–water partition coefficient (Wildman–Crippen LogP) is 2.50. The number of para-hydroxylation sites is 1. The van der Waals surface area contributed by atoms with Gasteiger partial charge in [0.05, 0.1) is 10.6 Å². The van der Waals surface area contributed by atoms with Crippen LogP contribution in [0.25, 0.3) is 0 Å². The van der Waals surface area contributed by atoms with E-state index in [4.69, 9.17) is 11.6 Å². The second-order valence-electron chi connectivity index (χ2n) is 3.97. The summed E-state index contributed by atoms with van der Waals surface area (Å²) in [5.74, 6) is 0.151. The minimum absolute atomic E-state index is 0.151. The number of hydrogen-bond donors (Lipinski definition) is 2. The molecule has 0 unspecified atom stereocenters. The smallest absolute Gasteiger partial charge is 0.137 e. The third kappa shape index (κ3) is 2.02. The van der Waals surface area contributed by atoms with E-state index in [1.165, 1.54) is 0 Å². The first kappa shape index (κ1) is 9.81. The topological polar surface area (TPSA) is 40.5 Å². The maximum atomic E-state index is 9.64.